The number of hydrogen-bond acceptors (Lipinski definition) is 6. The first-order valence-electron chi connectivity index (χ1n) is 6.07. The summed E-state index contributed by atoms with van der Waals surface area (Å²) >= 11 is 0. The second-order valence-corrected chi connectivity index (χ2v) is 5.35. The van der Waals surface area contributed by atoms with Gasteiger partial charge in [-0.2, -0.15) is 10.2 Å². The Hall–Kier alpha value is -2.29. The summed E-state index contributed by atoms with van der Waals surface area (Å²) in [6, 6.07) is 4.02. The average molecular weight is 255 g/mol. The third-order valence-electron chi connectivity index (χ3n) is 3.68. The molecule has 0 amide bonds. The van der Waals surface area contributed by atoms with Crippen molar-refractivity contribution < 1.29 is 4.52 Å². The van der Waals surface area contributed by atoms with Crippen molar-refractivity contribution in [3.05, 3.63) is 24.0 Å². The molecule has 0 aliphatic heterocycles. The van der Waals surface area contributed by atoms with Crippen LogP contribution in [0.25, 0.3) is 11.5 Å². The molecule has 1 saturated carbocycles. The zero-order valence-electron chi connectivity index (χ0n) is 11.0. The van der Waals surface area contributed by atoms with Crippen LogP contribution in [-0.4, -0.2) is 20.1 Å². The molecule has 2 aromatic heterocycles. The lowest BCUT2D eigenvalue weighted by molar-refractivity contribution is 0.368. The van der Waals surface area contributed by atoms with Gasteiger partial charge >= 0.3 is 0 Å². The molecule has 2 heterocycles. The first-order valence-corrected chi connectivity index (χ1v) is 6.07. The smallest absolute Gasteiger partial charge is 0.232 e. The van der Waals surface area contributed by atoms with Gasteiger partial charge in [-0.15, -0.1) is 0 Å². The fourth-order valence-corrected chi connectivity index (χ4v) is 2.39. The van der Waals surface area contributed by atoms with Gasteiger partial charge in [-0.1, -0.05) is 19.0 Å². The number of hydrogen-bond donors (Lipinski definition) is 0. The van der Waals surface area contributed by atoms with Gasteiger partial charge < -0.3 is 4.52 Å². The van der Waals surface area contributed by atoms with Crippen LogP contribution in [0.3, 0.4) is 0 Å². The SMILES string of the molecule is Cc1nccc(-c2noc(C3C(C#N)C3(C)C)n2)n1. The van der Waals surface area contributed by atoms with E-state index in [-0.39, 0.29) is 17.3 Å². The molecule has 2 aromatic rings. The lowest BCUT2D eigenvalue weighted by Gasteiger charge is -1.95. The summed E-state index contributed by atoms with van der Waals surface area (Å²) < 4.78 is 5.28. The Morgan fingerprint density at radius 3 is 2.79 bits per heavy atom. The van der Waals surface area contributed by atoms with E-state index in [1.807, 2.05) is 13.8 Å². The largest absolute Gasteiger partial charge is 0.339 e. The minimum atomic E-state index is -0.0971. The number of aryl methyl sites for hydroxylation is 1. The first kappa shape index (κ1) is 11.8. The summed E-state index contributed by atoms with van der Waals surface area (Å²) in [5, 5.41) is 13.0. The molecule has 19 heavy (non-hydrogen) atoms. The zero-order chi connectivity index (χ0) is 13.6. The molecule has 0 radical (unpaired) electrons. The summed E-state index contributed by atoms with van der Waals surface area (Å²) in [5.74, 6) is 1.57. The maximum atomic E-state index is 9.07. The highest BCUT2D eigenvalue weighted by atomic mass is 16.5. The van der Waals surface area contributed by atoms with Gasteiger partial charge in [-0.25, -0.2) is 9.97 Å². The van der Waals surface area contributed by atoms with Crippen LogP contribution in [0.2, 0.25) is 0 Å². The van der Waals surface area contributed by atoms with Gasteiger partial charge in [0.15, 0.2) is 0 Å². The van der Waals surface area contributed by atoms with Crippen LogP contribution >= 0.6 is 0 Å². The Labute approximate surface area is 110 Å². The van der Waals surface area contributed by atoms with Crippen LogP contribution in [0.4, 0.5) is 0 Å². The van der Waals surface area contributed by atoms with E-state index in [0.717, 1.165) is 0 Å². The summed E-state index contributed by atoms with van der Waals surface area (Å²) in [4.78, 5) is 12.6. The van der Waals surface area contributed by atoms with E-state index in [1.165, 1.54) is 0 Å². The van der Waals surface area contributed by atoms with E-state index in [1.54, 1.807) is 19.2 Å². The molecule has 1 aliphatic rings. The molecule has 6 nitrogen and oxygen atoms in total. The molecule has 1 fully saturated rings. The van der Waals surface area contributed by atoms with Crippen molar-refractivity contribution in [2.24, 2.45) is 11.3 Å². The fraction of sp³-hybridized carbons (Fsp3) is 0.462. The summed E-state index contributed by atoms with van der Waals surface area (Å²) in [5.41, 5.74) is 0.537. The quantitative estimate of drug-likeness (QED) is 0.816. The number of nitrogens with zero attached hydrogens (tertiary/aromatic N) is 5. The standard InChI is InChI=1S/C13H13N5O/c1-7-15-5-4-9(16-7)11-17-12(19-18-11)10-8(6-14)13(10,2)3/h4-5,8,10H,1-3H3. The lowest BCUT2D eigenvalue weighted by Crippen LogP contribution is -1.92. The van der Waals surface area contributed by atoms with E-state index in [0.29, 0.717) is 23.2 Å². The topological polar surface area (TPSA) is 88.5 Å². The third-order valence-corrected chi connectivity index (χ3v) is 3.68. The Kier molecular flexibility index (Phi) is 2.39. The molecule has 1 aliphatic carbocycles. The van der Waals surface area contributed by atoms with E-state index < -0.39 is 0 Å². The molecule has 0 saturated heterocycles. The van der Waals surface area contributed by atoms with Crippen LogP contribution in [0.1, 0.15) is 31.5 Å². The Morgan fingerprint density at radius 1 is 1.37 bits per heavy atom. The van der Waals surface area contributed by atoms with Gasteiger partial charge in [0.25, 0.3) is 0 Å². The molecule has 6 heteroatoms. The normalized spacial score (nSPS) is 23.9. The number of aromatic nitrogens is 4. The Morgan fingerprint density at radius 2 is 2.16 bits per heavy atom. The van der Waals surface area contributed by atoms with Crippen molar-refractivity contribution >= 4 is 0 Å². The number of rotatable bonds is 2. The lowest BCUT2D eigenvalue weighted by atomic mass is 10.1. The highest BCUT2D eigenvalue weighted by Crippen LogP contribution is 2.63. The highest BCUT2D eigenvalue weighted by molar-refractivity contribution is 5.47. The third kappa shape index (κ3) is 1.78. The van der Waals surface area contributed by atoms with E-state index in [9.17, 15) is 0 Å². The molecule has 0 bridgehead atoms. The highest BCUT2D eigenvalue weighted by Gasteiger charge is 2.62. The van der Waals surface area contributed by atoms with E-state index in [2.05, 4.69) is 26.2 Å². The van der Waals surface area contributed by atoms with Crippen molar-refractivity contribution in [2.75, 3.05) is 0 Å². The predicted molar refractivity (Wildman–Crippen MR) is 65.7 cm³/mol. The zero-order valence-corrected chi connectivity index (χ0v) is 11.0. The molecule has 0 aromatic carbocycles. The van der Waals surface area contributed by atoms with Gasteiger partial charge in [0.2, 0.25) is 11.7 Å². The minimum absolute atomic E-state index is 0.0154. The maximum absolute atomic E-state index is 9.07. The van der Waals surface area contributed by atoms with Crippen molar-refractivity contribution in [1.29, 1.82) is 5.26 Å². The van der Waals surface area contributed by atoms with Crippen LogP contribution in [-0.2, 0) is 0 Å². The van der Waals surface area contributed by atoms with Crippen molar-refractivity contribution in [3.63, 3.8) is 0 Å². The monoisotopic (exact) mass is 255 g/mol. The predicted octanol–water partition coefficient (Wildman–Crippen LogP) is 2.10. The van der Waals surface area contributed by atoms with E-state index in [4.69, 9.17) is 9.78 Å². The second kappa shape index (κ2) is 3.85. The second-order valence-electron chi connectivity index (χ2n) is 5.35. The molecule has 0 N–H and O–H groups in total. The molecule has 2 unspecified atom stereocenters. The fourth-order valence-electron chi connectivity index (χ4n) is 2.39. The molecular formula is C13H13N5O. The van der Waals surface area contributed by atoms with Gasteiger partial charge in [0.1, 0.15) is 11.5 Å². The number of nitriles is 1. The Bertz CT molecular complexity index is 670. The van der Waals surface area contributed by atoms with Crippen molar-refractivity contribution in [2.45, 2.75) is 26.7 Å². The van der Waals surface area contributed by atoms with Crippen molar-refractivity contribution in [3.8, 4) is 17.6 Å². The molecular weight excluding hydrogens is 242 g/mol. The van der Waals surface area contributed by atoms with E-state index >= 15 is 0 Å². The van der Waals surface area contributed by atoms with Gasteiger partial charge in [-0.05, 0) is 18.4 Å². The molecule has 3 rings (SSSR count). The van der Waals surface area contributed by atoms with Gasteiger partial charge in [-0.3, -0.25) is 0 Å². The molecule has 0 spiro atoms. The van der Waals surface area contributed by atoms with Crippen LogP contribution in [0.15, 0.2) is 16.8 Å². The summed E-state index contributed by atoms with van der Waals surface area (Å²) in [6.45, 7) is 5.87. The van der Waals surface area contributed by atoms with Crippen molar-refractivity contribution in [1.82, 2.24) is 20.1 Å². The van der Waals surface area contributed by atoms with Crippen LogP contribution in [0.5, 0.6) is 0 Å². The average Bonchev–Trinajstić information content (AvgIpc) is 2.76. The Balaban J connectivity index is 1.92. The van der Waals surface area contributed by atoms with Crippen LogP contribution < -0.4 is 0 Å². The summed E-state index contributed by atoms with van der Waals surface area (Å²) in [7, 11) is 0. The van der Waals surface area contributed by atoms with Gasteiger partial charge in [0, 0.05) is 6.20 Å². The minimum Gasteiger partial charge on any atom is -0.339 e. The molecule has 2 atom stereocenters. The molecule has 96 valence electrons. The van der Waals surface area contributed by atoms with Crippen LogP contribution in [0, 0.1) is 29.6 Å². The summed E-state index contributed by atoms with van der Waals surface area (Å²) in [6.07, 6.45) is 1.66. The maximum Gasteiger partial charge on any atom is 0.232 e. The first-order chi connectivity index (χ1) is 9.04. The van der Waals surface area contributed by atoms with Gasteiger partial charge in [0.05, 0.1) is 17.9 Å².